The number of halogens is 1. The molecule has 1 aromatic carbocycles. The standard InChI is InChI=1S/C15H19BrN2O2/c1-9-11-3-2-4-13(16)12(11)5-6-18(9)14(20)15(17)7-10(19)8-15/h2-4,9-10,19H,5-8,17H2,1H3. The van der Waals surface area contributed by atoms with Gasteiger partial charge in [-0.3, -0.25) is 4.79 Å². The van der Waals surface area contributed by atoms with Crippen LogP contribution in [0.3, 0.4) is 0 Å². The van der Waals surface area contributed by atoms with E-state index < -0.39 is 11.6 Å². The third kappa shape index (κ3) is 2.08. The largest absolute Gasteiger partial charge is 0.393 e. The van der Waals surface area contributed by atoms with Crippen molar-refractivity contribution in [3.8, 4) is 0 Å². The Bertz CT molecular complexity index is 555. The van der Waals surface area contributed by atoms with Crippen molar-refractivity contribution in [2.45, 2.75) is 43.9 Å². The first-order valence-corrected chi connectivity index (χ1v) is 7.77. The number of amides is 1. The van der Waals surface area contributed by atoms with Crippen LogP contribution in [0.15, 0.2) is 22.7 Å². The van der Waals surface area contributed by atoms with E-state index in [9.17, 15) is 9.90 Å². The molecule has 1 unspecified atom stereocenters. The lowest BCUT2D eigenvalue weighted by atomic mass is 9.73. The molecular formula is C15H19BrN2O2. The zero-order valence-electron chi connectivity index (χ0n) is 11.5. The van der Waals surface area contributed by atoms with Gasteiger partial charge in [0.2, 0.25) is 5.91 Å². The molecule has 1 atom stereocenters. The average Bonchev–Trinajstić information content (AvgIpc) is 2.38. The van der Waals surface area contributed by atoms with Crippen LogP contribution < -0.4 is 5.73 Å². The quantitative estimate of drug-likeness (QED) is 0.819. The summed E-state index contributed by atoms with van der Waals surface area (Å²) in [5.41, 5.74) is 7.72. The minimum Gasteiger partial charge on any atom is -0.393 e. The Kier molecular flexibility index (Phi) is 3.39. The van der Waals surface area contributed by atoms with Crippen LogP contribution in [-0.4, -0.2) is 34.1 Å². The molecule has 3 rings (SSSR count). The SMILES string of the molecule is CC1c2cccc(Br)c2CCN1C(=O)C1(N)CC(O)C1. The van der Waals surface area contributed by atoms with Crippen molar-refractivity contribution >= 4 is 21.8 Å². The van der Waals surface area contributed by atoms with E-state index in [1.165, 1.54) is 11.1 Å². The molecule has 0 saturated heterocycles. The second-order valence-electron chi connectivity index (χ2n) is 5.95. The molecule has 0 spiro atoms. The van der Waals surface area contributed by atoms with E-state index in [0.29, 0.717) is 19.4 Å². The maximum absolute atomic E-state index is 12.6. The van der Waals surface area contributed by atoms with Crippen molar-refractivity contribution in [1.82, 2.24) is 4.90 Å². The van der Waals surface area contributed by atoms with E-state index >= 15 is 0 Å². The van der Waals surface area contributed by atoms with Gasteiger partial charge in [0.1, 0.15) is 5.54 Å². The molecule has 4 nitrogen and oxygen atoms in total. The fourth-order valence-corrected chi connectivity index (χ4v) is 3.92. The van der Waals surface area contributed by atoms with E-state index in [-0.39, 0.29) is 11.9 Å². The van der Waals surface area contributed by atoms with Crippen LogP contribution in [0.4, 0.5) is 0 Å². The third-order valence-corrected chi connectivity index (χ3v) is 5.30. The number of fused-ring (bicyclic) bond motifs is 1. The number of hydrogen-bond acceptors (Lipinski definition) is 3. The number of nitrogens with two attached hydrogens (primary N) is 1. The number of hydrogen-bond donors (Lipinski definition) is 2. The van der Waals surface area contributed by atoms with Crippen molar-refractivity contribution in [1.29, 1.82) is 0 Å². The van der Waals surface area contributed by atoms with Crippen LogP contribution in [0, 0.1) is 0 Å². The Hall–Kier alpha value is -0.910. The summed E-state index contributed by atoms with van der Waals surface area (Å²) in [7, 11) is 0. The molecule has 20 heavy (non-hydrogen) atoms. The first-order chi connectivity index (χ1) is 9.42. The number of rotatable bonds is 1. The monoisotopic (exact) mass is 338 g/mol. The molecule has 1 amide bonds. The highest BCUT2D eigenvalue weighted by molar-refractivity contribution is 9.10. The Balaban J connectivity index is 1.86. The van der Waals surface area contributed by atoms with E-state index in [1.807, 2.05) is 24.0 Å². The summed E-state index contributed by atoms with van der Waals surface area (Å²) >= 11 is 3.58. The highest BCUT2D eigenvalue weighted by Gasteiger charge is 2.49. The Morgan fingerprint density at radius 2 is 2.20 bits per heavy atom. The Labute approximate surface area is 127 Å². The molecule has 3 N–H and O–H groups in total. The fourth-order valence-electron chi connectivity index (χ4n) is 3.34. The average molecular weight is 339 g/mol. The molecule has 108 valence electrons. The number of carbonyl (C=O) groups excluding carboxylic acids is 1. The summed E-state index contributed by atoms with van der Waals surface area (Å²) in [6, 6.07) is 6.14. The summed E-state index contributed by atoms with van der Waals surface area (Å²) in [4.78, 5) is 14.5. The van der Waals surface area contributed by atoms with Gasteiger partial charge in [-0.25, -0.2) is 0 Å². The normalized spacial score (nSPS) is 32.5. The molecule has 1 aliphatic heterocycles. The molecule has 1 aromatic rings. The lowest BCUT2D eigenvalue weighted by molar-refractivity contribution is -0.147. The second-order valence-corrected chi connectivity index (χ2v) is 6.80. The molecule has 0 bridgehead atoms. The van der Waals surface area contributed by atoms with Crippen LogP contribution >= 0.6 is 15.9 Å². The highest BCUT2D eigenvalue weighted by atomic mass is 79.9. The Morgan fingerprint density at radius 1 is 1.50 bits per heavy atom. The summed E-state index contributed by atoms with van der Waals surface area (Å²) in [5.74, 6) is -0.0269. The van der Waals surface area contributed by atoms with Gasteiger partial charge in [-0.2, -0.15) is 0 Å². The van der Waals surface area contributed by atoms with Crippen molar-refractivity contribution in [2.75, 3.05) is 6.54 Å². The first kappa shape index (κ1) is 14.0. The first-order valence-electron chi connectivity index (χ1n) is 6.98. The minimum absolute atomic E-state index is 0.0269. The van der Waals surface area contributed by atoms with Crippen LogP contribution in [0.1, 0.15) is 36.9 Å². The maximum atomic E-state index is 12.6. The third-order valence-electron chi connectivity index (χ3n) is 4.56. The van der Waals surface area contributed by atoms with Gasteiger partial charge < -0.3 is 15.7 Å². The molecule has 1 saturated carbocycles. The lowest BCUT2D eigenvalue weighted by Crippen LogP contribution is -2.65. The van der Waals surface area contributed by atoms with E-state index in [1.54, 1.807) is 0 Å². The van der Waals surface area contributed by atoms with Crippen molar-refractivity contribution in [3.63, 3.8) is 0 Å². The van der Waals surface area contributed by atoms with Gasteiger partial charge in [0, 0.05) is 23.9 Å². The van der Waals surface area contributed by atoms with Crippen LogP contribution in [0.2, 0.25) is 0 Å². The highest BCUT2D eigenvalue weighted by Crippen LogP contribution is 2.38. The van der Waals surface area contributed by atoms with Gasteiger partial charge in [-0.15, -0.1) is 0 Å². The zero-order valence-corrected chi connectivity index (χ0v) is 13.1. The van der Waals surface area contributed by atoms with Gasteiger partial charge in [0.05, 0.1) is 12.1 Å². The number of benzene rings is 1. The molecule has 2 aliphatic rings. The molecular weight excluding hydrogens is 320 g/mol. The molecule has 1 fully saturated rings. The van der Waals surface area contributed by atoms with Gasteiger partial charge in [-0.05, 0) is 30.5 Å². The second kappa shape index (κ2) is 4.83. The van der Waals surface area contributed by atoms with Crippen LogP contribution in [0.5, 0.6) is 0 Å². The summed E-state index contributed by atoms with van der Waals surface area (Å²) in [6.07, 6.45) is 1.16. The fraction of sp³-hybridized carbons (Fsp3) is 0.533. The molecule has 5 heteroatoms. The number of aliphatic hydroxyl groups excluding tert-OH is 1. The smallest absolute Gasteiger partial charge is 0.243 e. The molecule has 1 aliphatic carbocycles. The van der Waals surface area contributed by atoms with Crippen molar-refractivity contribution < 1.29 is 9.90 Å². The van der Waals surface area contributed by atoms with Crippen LogP contribution in [0.25, 0.3) is 0 Å². The lowest BCUT2D eigenvalue weighted by Gasteiger charge is -2.46. The van der Waals surface area contributed by atoms with Gasteiger partial charge in [0.15, 0.2) is 0 Å². The molecule has 0 radical (unpaired) electrons. The minimum atomic E-state index is -0.864. The van der Waals surface area contributed by atoms with Gasteiger partial charge in [-0.1, -0.05) is 28.1 Å². The number of carbonyl (C=O) groups is 1. The van der Waals surface area contributed by atoms with Crippen molar-refractivity contribution in [3.05, 3.63) is 33.8 Å². The summed E-state index contributed by atoms with van der Waals surface area (Å²) < 4.78 is 1.11. The predicted octanol–water partition coefficient (Wildman–Crippen LogP) is 1.75. The molecule has 1 heterocycles. The maximum Gasteiger partial charge on any atom is 0.243 e. The van der Waals surface area contributed by atoms with E-state index in [4.69, 9.17) is 5.73 Å². The zero-order chi connectivity index (χ0) is 14.5. The van der Waals surface area contributed by atoms with Gasteiger partial charge >= 0.3 is 0 Å². The summed E-state index contributed by atoms with van der Waals surface area (Å²) in [5, 5.41) is 9.43. The van der Waals surface area contributed by atoms with Crippen molar-refractivity contribution in [2.24, 2.45) is 5.73 Å². The van der Waals surface area contributed by atoms with E-state index in [2.05, 4.69) is 22.0 Å². The van der Waals surface area contributed by atoms with Gasteiger partial charge in [0.25, 0.3) is 0 Å². The number of aliphatic hydroxyl groups is 1. The topological polar surface area (TPSA) is 66.6 Å². The number of nitrogens with zero attached hydrogens (tertiary/aromatic N) is 1. The van der Waals surface area contributed by atoms with Crippen LogP contribution in [-0.2, 0) is 11.2 Å². The van der Waals surface area contributed by atoms with E-state index in [0.717, 1.165) is 10.9 Å². The predicted molar refractivity (Wildman–Crippen MR) is 80.1 cm³/mol. The summed E-state index contributed by atoms with van der Waals surface area (Å²) in [6.45, 7) is 2.73. The molecule has 0 aromatic heterocycles. The Morgan fingerprint density at radius 3 is 2.85 bits per heavy atom.